The highest BCUT2D eigenvalue weighted by atomic mass is 16.5. The van der Waals surface area contributed by atoms with Gasteiger partial charge in [-0.25, -0.2) is 0 Å². The standard InChI is InChI=1S/C14H22N2O2/c1-14(2,18-3)13(17)16-12-8-4-6-11(10-12)7-5-9-15/h4,6,8,10H,5,7,9,15H2,1-3H3,(H,16,17). The average molecular weight is 250 g/mol. The Labute approximate surface area is 109 Å². The maximum absolute atomic E-state index is 11.9. The van der Waals surface area contributed by atoms with Crippen molar-refractivity contribution in [2.24, 2.45) is 5.73 Å². The van der Waals surface area contributed by atoms with E-state index in [0.29, 0.717) is 6.54 Å². The summed E-state index contributed by atoms with van der Waals surface area (Å²) in [7, 11) is 1.53. The van der Waals surface area contributed by atoms with Crippen molar-refractivity contribution in [3.05, 3.63) is 29.8 Å². The molecule has 0 unspecified atom stereocenters. The minimum atomic E-state index is -0.826. The molecule has 0 bridgehead atoms. The number of carbonyl (C=O) groups is 1. The highest BCUT2D eigenvalue weighted by Gasteiger charge is 2.26. The van der Waals surface area contributed by atoms with Crippen LogP contribution in [-0.4, -0.2) is 25.2 Å². The number of methoxy groups -OCH3 is 1. The molecule has 0 radical (unpaired) electrons. The number of hydrogen-bond acceptors (Lipinski definition) is 3. The Morgan fingerprint density at radius 1 is 1.44 bits per heavy atom. The van der Waals surface area contributed by atoms with Crippen molar-refractivity contribution in [3.8, 4) is 0 Å². The van der Waals surface area contributed by atoms with Crippen LogP contribution in [0.2, 0.25) is 0 Å². The summed E-state index contributed by atoms with van der Waals surface area (Å²) in [5.41, 5.74) is 6.62. The van der Waals surface area contributed by atoms with E-state index in [1.165, 1.54) is 12.7 Å². The number of benzene rings is 1. The van der Waals surface area contributed by atoms with E-state index in [9.17, 15) is 4.79 Å². The lowest BCUT2D eigenvalue weighted by Gasteiger charge is -2.21. The molecule has 0 aliphatic carbocycles. The predicted octanol–water partition coefficient (Wildman–Crippen LogP) is 1.94. The zero-order valence-electron chi connectivity index (χ0n) is 11.3. The van der Waals surface area contributed by atoms with Gasteiger partial charge in [0.25, 0.3) is 5.91 Å². The Kier molecular flexibility index (Phi) is 5.31. The van der Waals surface area contributed by atoms with Gasteiger partial charge in [0.1, 0.15) is 5.60 Å². The van der Waals surface area contributed by atoms with E-state index in [1.807, 2.05) is 24.3 Å². The van der Waals surface area contributed by atoms with E-state index in [0.717, 1.165) is 18.5 Å². The smallest absolute Gasteiger partial charge is 0.256 e. The first-order chi connectivity index (χ1) is 8.49. The van der Waals surface area contributed by atoms with Gasteiger partial charge in [0.2, 0.25) is 0 Å². The Bertz CT molecular complexity index is 403. The highest BCUT2D eigenvalue weighted by Crippen LogP contribution is 2.15. The van der Waals surface area contributed by atoms with Crippen LogP contribution in [0.25, 0.3) is 0 Å². The number of carbonyl (C=O) groups excluding carboxylic acids is 1. The fourth-order valence-electron chi connectivity index (χ4n) is 1.49. The lowest BCUT2D eigenvalue weighted by Crippen LogP contribution is -2.38. The van der Waals surface area contributed by atoms with Crippen LogP contribution < -0.4 is 11.1 Å². The molecular weight excluding hydrogens is 228 g/mol. The molecule has 0 spiro atoms. The van der Waals surface area contributed by atoms with Crippen molar-refractivity contribution in [2.75, 3.05) is 19.0 Å². The number of hydrogen-bond donors (Lipinski definition) is 2. The molecule has 0 aromatic heterocycles. The zero-order chi connectivity index (χ0) is 13.6. The minimum absolute atomic E-state index is 0.152. The second-order valence-corrected chi connectivity index (χ2v) is 4.76. The third-order valence-corrected chi connectivity index (χ3v) is 2.91. The summed E-state index contributed by atoms with van der Waals surface area (Å²) >= 11 is 0. The first-order valence-electron chi connectivity index (χ1n) is 6.15. The Morgan fingerprint density at radius 3 is 2.78 bits per heavy atom. The van der Waals surface area contributed by atoms with E-state index < -0.39 is 5.60 Å². The van der Waals surface area contributed by atoms with Crippen LogP contribution in [0, 0.1) is 0 Å². The fourth-order valence-corrected chi connectivity index (χ4v) is 1.49. The lowest BCUT2D eigenvalue weighted by atomic mass is 10.1. The minimum Gasteiger partial charge on any atom is -0.369 e. The van der Waals surface area contributed by atoms with Crippen molar-refractivity contribution in [3.63, 3.8) is 0 Å². The summed E-state index contributed by atoms with van der Waals surface area (Å²) in [6.07, 6.45) is 1.87. The molecule has 4 nitrogen and oxygen atoms in total. The van der Waals surface area contributed by atoms with Crippen LogP contribution >= 0.6 is 0 Å². The molecule has 4 heteroatoms. The summed E-state index contributed by atoms with van der Waals surface area (Å²) in [5.74, 6) is -0.152. The van der Waals surface area contributed by atoms with E-state index in [2.05, 4.69) is 5.32 Å². The Hall–Kier alpha value is -1.39. The van der Waals surface area contributed by atoms with Gasteiger partial charge in [-0.05, 0) is 50.9 Å². The molecular formula is C14H22N2O2. The van der Waals surface area contributed by atoms with Gasteiger partial charge in [-0.15, -0.1) is 0 Å². The topological polar surface area (TPSA) is 64.3 Å². The Morgan fingerprint density at radius 2 is 2.17 bits per heavy atom. The number of rotatable bonds is 6. The molecule has 0 saturated carbocycles. The van der Waals surface area contributed by atoms with Crippen LogP contribution in [0.5, 0.6) is 0 Å². The van der Waals surface area contributed by atoms with E-state index in [1.54, 1.807) is 13.8 Å². The number of nitrogens with one attached hydrogen (secondary N) is 1. The van der Waals surface area contributed by atoms with Gasteiger partial charge in [0, 0.05) is 12.8 Å². The molecule has 3 N–H and O–H groups in total. The number of ether oxygens (including phenoxy) is 1. The van der Waals surface area contributed by atoms with Crippen molar-refractivity contribution < 1.29 is 9.53 Å². The van der Waals surface area contributed by atoms with E-state index in [4.69, 9.17) is 10.5 Å². The van der Waals surface area contributed by atoms with Crippen LogP contribution in [-0.2, 0) is 16.0 Å². The SMILES string of the molecule is COC(C)(C)C(=O)Nc1cccc(CCCN)c1. The molecule has 100 valence electrons. The first kappa shape index (κ1) is 14.7. The van der Waals surface area contributed by atoms with Crippen molar-refractivity contribution in [1.82, 2.24) is 0 Å². The van der Waals surface area contributed by atoms with Gasteiger partial charge < -0.3 is 15.8 Å². The quantitative estimate of drug-likeness (QED) is 0.811. The summed E-state index contributed by atoms with van der Waals surface area (Å²) < 4.78 is 5.14. The lowest BCUT2D eigenvalue weighted by molar-refractivity contribution is -0.133. The highest BCUT2D eigenvalue weighted by molar-refractivity contribution is 5.96. The van der Waals surface area contributed by atoms with Gasteiger partial charge >= 0.3 is 0 Å². The summed E-state index contributed by atoms with van der Waals surface area (Å²) in [6, 6.07) is 7.81. The van der Waals surface area contributed by atoms with Gasteiger partial charge in [-0.3, -0.25) is 4.79 Å². The first-order valence-corrected chi connectivity index (χ1v) is 6.15. The second kappa shape index (κ2) is 6.52. The van der Waals surface area contributed by atoms with Crippen LogP contribution in [0.4, 0.5) is 5.69 Å². The van der Waals surface area contributed by atoms with Crippen LogP contribution in [0.15, 0.2) is 24.3 Å². The van der Waals surface area contributed by atoms with Crippen molar-refractivity contribution in [1.29, 1.82) is 0 Å². The van der Waals surface area contributed by atoms with E-state index >= 15 is 0 Å². The van der Waals surface area contributed by atoms with Gasteiger partial charge in [-0.1, -0.05) is 12.1 Å². The molecule has 0 saturated heterocycles. The van der Waals surface area contributed by atoms with Crippen molar-refractivity contribution >= 4 is 11.6 Å². The molecule has 1 aromatic carbocycles. The van der Waals surface area contributed by atoms with Gasteiger partial charge in [-0.2, -0.15) is 0 Å². The molecule has 0 aliphatic rings. The summed E-state index contributed by atoms with van der Waals surface area (Å²) in [6.45, 7) is 4.15. The molecule has 0 aliphatic heterocycles. The maximum atomic E-state index is 11.9. The number of aryl methyl sites for hydroxylation is 1. The number of anilines is 1. The summed E-state index contributed by atoms with van der Waals surface area (Å²) in [5, 5.41) is 2.85. The molecule has 0 fully saturated rings. The maximum Gasteiger partial charge on any atom is 0.256 e. The predicted molar refractivity (Wildman–Crippen MR) is 73.5 cm³/mol. The molecule has 1 aromatic rings. The van der Waals surface area contributed by atoms with Crippen molar-refractivity contribution in [2.45, 2.75) is 32.3 Å². The van der Waals surface area contributed by atoms with Gasteiger partial charge in [0.05, 0.1) is 0 Å². The average Bonchev–Trinajstić information content (AvgIpc) is 2.36. The third-order valence-electron chi connectivity index (χ3n) is 2.91. The number of amides is 1. The number of nitrogens with two attached hydrogens (primary N) is 1. The fraction of sp³-hybridized carbons (Fsp3) is 0.500. The zero-order valence-corrected chi connectivity index (χ0v) is 11.3. The molecule has 1 amide bonds. The third kappa shape index (κ3) is 4.13. The molecule has 0 heterocycles. The summed E-state index contributed by atoms with van der Waals surface area (Å²) in [4.78, 5) is 11.9. The second-order valence-electron chi connectivity index (χ2n) is 4.76. The van der Waals surface area contributed by atoms with Crippen LogP contribution in [0.3, 0.4) is 0 Å². The molecule has 18 heavy (non-hydrogen) atoms. The largest absolute Gasteiger partial charge is 0.369 e. The van der Waals surface area contributed by atoms with E-state index in [-0.39, 0.29) is 5.91 Å². The monoisotopic (exact) mass is 250 g/mol. The Balaban J connectivity index is 2.70. The van der Waals surface area contributed by atoms with Gasteiger partial charge in [0.15, 0.2) is 0 Å². The molecule has 0 atom stereocenters. The van der Waals surface area contributed by atoms with Crippen LogP contribution in [0.1, 0.15) is 25.8 Å². The molecule has 1 rings (SSSR count). The normalized spacial score (nSPS) is 11.3.